The molecule has 2 aromatic rings. The molecule has 1 N–H and O–H groups in total. The Morgan fingerprint density at radius 1 is 1.31 bits per heavy atom. The number of aromatic nitrogens is 2. The third-order valence-corrected chi connectivity index (χ3v) is 7.31. The van der Waals surface area contributed by atoms with E-state index in [4.69, 9.17) is 11.6 Å². The maximum Gasteiger partial charge on any atom is 0.257 e. The van der Waals surface area contributed by atoms with E-state index in [1.807, 2.05) is 6.92 Å². The molecule has 0 unspecified atom stereocenters. The molecule has 1 aliphatic rings. The maximum atomic E-state index is 12.8. The van der Waals surface area contributed by atoms with Gasteiger partial charge in [-0.05, 0) is 37.5 Å². The Bertz CT molecular complexity index is 908. The Balaban J connectivity index is 1.83. The first-order valence-electron chi connectivity index (χ1n) is 8.35. The van der Waals surface area contributed by atoms with Crippen LogP contribution in [-0.2, 0) is 16.4 Å². The lowest BCUT2D eigenvalue weighted by atomic mass is 10.2. The molecule has 10 heteroatoms. The Kier molecular flexibility index (Phi) is 5.91. The van der Waals surface area contributed by atoms with Crippen molar-refractivity contribution in [3.8, 4) is 0 Å². The molecule has 1 aromatic carbocycles. The highest BCUT2D eigenvalue weighted by Crippen LogP contribution is 2.28. The molecule has 0 spiro atoms. The van der Waals surface area contributed by atoms with Gasteiger partial charge >= 0.3 is 0 Å². The SMILES string of the molecule is CCCc1nnc(NC(=O)c2ccc(Cl)c(S(=O)(=O)N3CCCC3)c2)s1. The van der Waals surface area contributed by atoms with Gasteiger partial charge in [-0.15, -0.1) is 10.2 Å². The smallest absolute Gasteiger partial charge is 0.257 e. The average Bonchev–Trinajstić information content (AvgIpc) is 3.28. The monoisotopic (exact) mass is 414 g/mol. The van der Waals surface area contributed by atoms with Crippen LogP contribution in [0.5, 0.6) is 0 Å². The van der Waals surface area contributed by atoms with Crippen LogP contribution in [0.3, 0.4) is 0 Å². The number of nitrogens with zero attached hydrogens (tertiary/aromatic N) is 3. The van der Waals surface area contributed by atoms with E-state index in [0.29, 0.717) is 18.2 Å². The fraction of sp³-hybridized carbons (Fsp3) is 0.438. The number of sulfonamides is 1. The van der Waals surface area contributed by atoms with Crippen LogP contribution in [0.15, 0.2) is 23.1 Å². The van der Waals surface area contributed by atoms with Crippen LogP contribution >= 0.6 is 22.9 Å². The van der Waals surface area contributed by atoms with Crippen molar-refractivity contribution in [1.29, 1.82) is 0 Å². The third-order valence-electron chi connectivity index (χ3n) is 4.03. The van der Waals surface area contributed by atoms with Crippen LogP contribution in [0.1, 0.15) is 41.6 Å². The van der Waals surface area contributed by atoms with Gasteiger partial charge in [0.15, 0.2) is 0 Å². The summed E-state index contributed by atoms with van der Waals surface area (Å²) in [6.07, 6.45) is 3.40. The molecular weight excluding hydrogens is 396 g/mol. The van der Waals surface area contributed by atoms with Crippen molar-refractivity contribution >= 4 is 44.0 Å². The Hall–Kier alpha value is -1.55. The molecule has 1 amide bonds. The van der Waals surface area contributed by atoms with Gasteiger partial charge in [0.25, 0.3) is 5.91 Å². The summed E-state index contributed by atoms with van der Waals surface area (Å²) in [6, 6.07) is 4.25. The largest absolute Gasteiger partial charge is 0.296 e. The van der Waals surface area contributed by atoms with Gasteiger partial charge in [-0.25, -0.2) is 8.42 Å². The van der Waals surface area contributed by atoms with E-state index in [9.17, 15) is 13.2 Å². The second-order valence-corrected chi connectivity index (χ2v) is 9.34. The summed E-state index contributed by atoms with van der Waals surface area (Å²) in [4.78, 5) is 12.4. The fourth-order valence-electron chi connectivity index (χ4n) is 2.70. The van der Waals surface area contributed by atoms with Gasteiger partial charge in [0.2, 0.25) is 15.2 Å². The molecule has 0 atom stereocenters. The van der Waals surface area contributed by atoms with Crippen molar-refractivity contribution in [3.63, 3.8) is 0 Å². The van der Waals surface area contributed by atoms with Crippen molar-refractivity contribution in [3.05, 3.63) is 33.8 Å². The molecule has 26 heavy (non-hydrogen) atoms. The minimum Gasteiger partial charge on any atom is -0.296 e. The van der Waals surface area contributed by atoms with Crippen molar-refractivity contribution in [2.75, 3.05) is 18.4 Å². The van der Waals surface area contributed by atoms with Crippen LogP contribution in [0, 0.1) is 0 Å². The van der Waals surface area contributed by atoms with E-state index in [0.717, 1.165) is 30.7 Å². The first-order valence-corrected chi connectivity index (χ1v) is 11.0. The second-order valence-electron chi connectivity index (χ2n) is 5.96. The summed E-state index contributed by atoms with van der Waals surface area (Å²) < 4.78 is 26.9. The number of benzene rings is 1. The zero-order valence-corrected chi connectivity index (χ0v) is 16.6. The number of halogens is 1. The number of carbonyl (C=O) groups is 1. The van der Waals surface area contributed by atoms with Gasteiger partial charge in [0.05, 0.1) is 5.02 Å². The summed E-state index contributed by atoms with van der Waals surface area (Å²) in [7, 11) is -3.71. The lowest BCUT2D eigenvalue weighted by Crippen LogP contribution is -2.28. The number of amides is 1. The van der Waals surface area contributed by atoms with Gasteiger partial charge in [-0.2, -0.15) is 4.31 Å². The molecule has 140 valence electrons. The molecular formula is C16H19ClN4O3S2. The van der Waals surface area contributed by atoms with Gasteiger partial charge in [-0.1, -0.05) is 29.9 Å². The number of hydrogen-bond acceptors (Lipinski definition) is 6. The van der Waals surface area contributed by atoms with E-state index < -0.39 is 15.9 Å². The Morgan fingerprint density at radius 3 is 2.73 bits per heavy atom. The lowest BCUT2D eigenvalue weighted by molar-refractivity contribution is 0.102. The molecule has 1 aliphatic heterocycles. The normalized spacial score (nSPS) is 15.3. The molecule has 3 rings (SSSR count). The highest BCUT2D eigenvalue weighted by molar-refractivity contribution is 7.89. The van der Waals surface area contributed by atoms with Gasteiger partial charge in [0.1, 0.15) is 9.90 Å². The third kappa shape index (κ3) is 4.06. The summed E-state index contributed by atoms with van der Waals surface area (Å²) in [5, 5.41) is 11.9. The van der Waals surface area contributed by atoms with Crippen LogP contribution in [0.4, 0.5) is 5.13 Å². The number of aryl methyl sites for hydroxylation is 1. The van der Waals surface area contributed by atoms with Crippen molar-refractivity contribution < 1.29 is 13.2 Å². The van der Waals surface area contributed by atoms with Crippen LogP contribution in [-0.4, -0.2) is 41.9 Å². The molecule has 1 aromatic heterocycles. The highest BCUT2D eigenvalue weighted by atomic mass is 35.5. The Morgan fingerprint density at radius 2 is 2.04 bits per heavy atom. The predicted molar refractivity (Wildman–Crippen MR) is 101 cm³/mol. The number of carbonyl (C=O) groups excluding carboxylic acids is 1. The number of rotatable bonds is 6. The second kappa shape index (κ2) is 7.99. The molecule has 0 radical (unpaired) electrons. The highest BCUT2D eigenvalue weighted by Gasteiger charge is 2.29. The minimum atomic E-state index is -3.71. The summed E-state index contributed by atoms with van der Waals surface area (Å²) in [5.74, 6) is -0.446. The molecule has 1 fully saturated rings. The molecule has 2 heterocycles. The predicted octanol–water partition coefficient (Wildman–Crippen LogP) is 3.18. The first-order chi connectivity index (χ1) is 12.4. The number of anilines is 1. The Labute approximate surface area is 161 Å². The molecule has 7 nitrogen and oxygen atoms in total. The van der Waals surface area contributed by atoms with Crippen molar-refractivity contribution in [2.45, 2.75) is 37.5 Å². The van der Waals surface area contributed by atoms with Gasteiger partial charge < -0.3 is 0 Å². The minimum absolute atomic E-state index is 0.0438. The van der Waals surface area contributed by atoms with Crippen LogP contribution in [0.2, 0.25) is 5.02 Å². The van der Waals surface area contributed by atoms with E-state index >= 15 is 0 Å². The number of nitrogens with one attached hydrogen (secondary N) is 1. The quantitative estimate of drug-likeness (QED) is 0.783. The molecule has 0 aliphatic carbocycles. The number of hydrogen-bond donors (Lipinski definition) is 1. The summed E-state index contributed by atoms with van der Waals surface area (Å²) in [5.41, 5.74) is 0.208. The van der Waals surface area contributed by atoms with E-state index in [2.05, 4.69) is 15.5 Å². The summed E-state index contributed by atoms with van der Waals surface area (Å²) in [6.45, 7) is 2.98. The summed E-state index contributed by atoms with van der Waals surface area (Å²) >= 11 is 7.41. The lowest BCUT2D eigenvalue weighted by Gasteiger charge is -2.17. The first kappa shape index (κ1) is 19.2. The molecule has 0 bridgehead atoms. The molecule has 0 saturated carbocycles. The topological polar surface area (TPSA) is 92.3 Å². The van der Waals surface area contributed by atoms with Crippen LogP contribution in [0.25, 0.3) is 0 Å². The fourth-order valence-corrected chi connectivity index (χ4v) is 5.55. The average molecular weight is 415 g/mol. The van der Waals surface area contributed by atoms with Crippen molar-refractivity contribution in [1.82, 2.24) is 14.5 Å². The van der Waals surface area contributed by atoms with E-state index in [1.54, 1.807) is 0 Å². The standard InChI is InChI=1S/C16H19ClN4O3S2/c1-2-5-14-19-20-16(25-14)18-15(22)11-6-7-12(17)13(10-11)26(23,24)21-8-3-4-9-21/h6-7,10H,2-5,8-9H2,1H3,(H,18,20,22). The van der Waals surface area contributed by atoms with E-state index in [1.165, 1.54) is 33.8 Å². The maximum absolute atomic E-state index is 12.8. The van der Waals surface area contributed by atoms with E-state index in [-0.39, 0.29) is 15.5 Å². The van der Waals surface area contributed by atoms with Gasteiger partial charge in [-0.3, -0.25) is 10.1 Å². The van der Waals surface area contributed by atoms with Crippen molar-refractivity contribution in [2.24, 2.45) is 0 Å². The van der Waals surface area contributed by atoms with Crippen LogP contribution < -0.4 is 5.32 Å². The molecule has 1 saturated heterocycles. The zero-order chi connectivity index (χ0) is 18.7. The van der Waals surface area contributed by atoms with Gasteiger partial charge in [0, 0.05) is 25.1 Å². The zero-order valence-electron chi connectivity index (χ0n) is 14.2.